The maximum atomic E-state index is 10.8. The fourth-order valence-electron chi connectivity index (χ4n) is 2.30. The second kappa shape index (κ2) is 4.47. The Balaban J connectivity index is 1.86. The van der Waals surface area contributed by atoms with E-state index in [-0.39, 0.29) is 12.0 Å². The minimum absolute atomic E-state index is 0.205. The number of rotatable bonds is 4. The molecule has 0 radical (unpaired) electrons. The fraction of sp³-hybridized carbons (Fsp3) is 0.900. The lowest BCUT2D eigenvalue weighted by molar-refractivity contribution is -0.140. The molecule has 3 N–H and O–H groups in total. The Bertz CT molecular complexity index is 235. The summed E-state index contributed by atoms with van der Waals surface area (Å²) in [5.41, 5.74) is 3.16. The van der Waals surface area contributed by atoms with Crippen LogP contribution in [-0.2, 0) is 4.79 Å². The first kappa shape index (κ1) is 10.9. The summed E-state index contributed by atoms with van der Waals surface area (Å²) in [5.74, 6) is -0.721. The maximum Gasteiger partial charge on any atom is 0.305 e. The zero-order valence-corrected chi connectivity index (χ0v) is 8.96. The van der Waals surface area contributed by atoms with Gasteiger partial charge in [0.1, 0.15) is 0 Å². The number of aliphatic carboxylic acids is 1. The first-order chi connectivity index (χ1) is 7.20. The molecule has 5 nitrogen and oxygen atoms in total. The zero-order chi connectivity index (χ0) is 10.7. The van der Waals surface area contributed by atoms with Gasteiger partial charge in [-0.3, -0.25) is 4.79 Å². The van der Waals surface area contributed by atoms with Gasteiger partial charge in [-0.05, 0) is 12.8 Å². The van der Waals surface area contributed by atoms with E-state index >= 15 is 0 Å². The highest BCUT2D eigenvalue weighted by molar-refractivity contribution is 5.68. The molecule has 2 aliphatic rings. The Hall–Kier alpha value is -0.650. The van der Waals surface area contributed by atoms with E-state index in [1.165, 1.54) is 19.3 Å². The molecule has 15 heavy (non-hydrogen) atoms. The Morgan fingerprint density at radius 2 is 2.00 bits per heavy atom. The van der Waals surface area contributed by atoms with Gasteiger partial charge in [-0.2, -0.15) is 0 Å². The molecule has 2 heterocycles. The van der Waals surface area contributed by atoms with Crippen LogP contribution in [0, 0.1) is 0 Å². The summed E-state index contributed by atoms with van der Waals surface area (Å²) >= 11 is 0. The average molecular weight is 213 g/mol. The molecule has 0 bridgehead atoms. The molecule has 0 atom stereocenters. The summed E-state index contributed by atoms with van der Waals surface area (Å²) in [4.78, 5) is 10.8. The molecule has 2 aliphatic heterocycles. The smallest absolute Gasteiger partial charge is 0.305 e. The molecule has 0 saturated carbocycles. The third-order valence-electron chi connectivity index (χ3n) is 3.17. The Kier molecular flexibility index (Phi) is 3.23. The van der Waals surface area contributed by atoms with E-state index in [4.69, 9.17) is 5.11 Å². The molecular formula is C10H19N3O2. The van der Waals surface area contributed by atoms with Crippen molar-refractivity contribution in [2.24, 2.45) is 0 Å². The van der Waals surface area contributed by atoms with Gasteiger partial charge in [0.05, 0.1) is 12.0 Å². The number of carbonyl (C=O) groups is 1. The first-order valence-electron chi connectivity index (χ1n) is 5.66. The predicted octanol–water partition coefficient (Wildman–Crippen LogP) is -0.206. The minimum atomic E-state index is -0.721. The topological polar surface area (TPSA) is 64.6 Å². The lowest BCUT2D eigenvalue weighted by Crippen LogP contribution is -2.72. The van der Waals surface area contributed by atoms with Gasteiger partial charge >= 0.3 is 5.97 Å². The number of carboxylic acid groups (broad SMARTS) is 1. The van der Waals surface area contributed by atoms with Crippen molar-refractivity contribution in [2.75, 3.05) is 26.2 Å². The van der Waals surface area contributed by atoms with Crippen molar-refractivity contribution in [3.05, 3.63) is 0 Å². The molecular weight excluding hydrogens is 194 g/mol. The molecule has 0 aliphatic carbocycles. The summed E-state index contributed by atoms with van der Waals surface area (Å²) < 4.78 is 0. The Morgan fingerprint density at radius 1 is 1.33 bits per heavy atom. The lowest BCUT2D eigenvalue weighted by atomic mass is 9.89. The van der Waals surface area contributed by atoms with Crippen LogP contribution >= 0.6 is 0 Å². The normalized spacial score (nSPS) is 25.9. The van der Waals surface area contributed by atoms with E-state index in [0.29, 0.717) is 0 Å². The SMILES string of the molecule is O=C(O)CC1(NN2CCCCC2)CNC1. The van der Waals surface area contributed by atoms with E-state index in [2.05, 4.69) is 15.8 Å². The van der Waals surface area contributed by atoms with E-state index < -0.39 is 5.97 Å². The van der Waals surface area contributed by atoms with Crippen LogP contribution in [-0.4, -0.2) is 47.8 Å². The number of nitrogens with zero attached hydrogens (tertiary/aromatic N) is 1. The molecule has 0 aromatic heterocycles. The van der Waals surface area contributed by atoms with Crippen LogP contribution in [0.2, 0.25) is 0 Å². The predicted molar refractivity (Wildman–Crippen MR) is 56.4 cm³/mol. The van der Waals surface area contributed by atoms with Gasteiger partial charge in [-0.1, -0.05) is 6.42 Å². The van der Waals surface area contributed by atoms with Gasteiger partial charge in [0.2, 0.25) is 0 Å². The van der Waals surface area contributed by atoms with Crippen molar-refractivity contribution in [3.8, 4) is 0 Å². The van der Waals surface area contributed by atoms with Gasteiger partial charge in [0, 0.05) is 26.2 Å². The monoisotopic (exact) mass is 213 g/mol. The fourth-order valence-corrected chi connectivity index (χ4v) is 2.30. The van der Waals surface area contributed by atoms with Gasteiger partial charge in [-0.25, -0.2) is 10.4 Å². The molecule has 2 rings (SSSR count). The summed E-state index contributed by atoms with van der Waals surface area (Å²) in [7, 11) is 0. The van der Waals surface area contributed by atoms with Gasteiger partial charge < -0.3 is 10.4 Å². The second-order valence-electron chi connectivity index (χ2n) is 4.61. The molecule has 2 saturated heterocycles. The summed E-state index contributed by atoms with van der Waals surface area (Å²) in [6.07, 6.45) is 3.92. The lowest BCUT2D eigenvalue weighted by Gasteiger charge is -2.46. The van der Waals surface area contributed by atoms with Crippen molar-refractivity contribution in [2.45, 2.75) is 31.2 Å². The highest BCUT2D eigenvalue weighted by Crippen LogP contribution is 2.18. The summed E-state index contributed by atoms with van der Waals surface area (Å²) in [6.45, 7) is 3.61. The van der Waals surface area contributed by atoms with Crippen LogP contribution in [0.3, 0.4) is 0 Å². The highest BCUT2D eigenvalue weighted by Gasteiger charge is 2.40. The number of hydrazine groups is 1. The van der Waals surface area contributed by atoms with Crippen molar-refractivity contribution >= 4 is 5.97 Å². The number of hydrogen-bond acceptors (Lipinski definition) is 4. The van der Waals surface area contributed by atoms with Crippen molar-refractivity contribution in [1.82, 2.24) is 15.8 Å². The van der Waals surface area contributed by atoms with E-state index in [0.717, 1.165) is 26.2 Å². The number of piperidine rings is 1. The molecule has 2 fully saturated rings. The van der Waals surface area contributed by atoms with Crippen LogP contribution in [0.15, 0.2) is 0 Å². The van der Waals surface area contributed by atoms with Crippen molar-refractivity contribution in [1.29, 1.82) is 0 Å². The van der Waals surface area contributed by atoms with Crippen LogP contribution in [0.5, 0.6) is 0 Å². The molecule has 0 spiro atoms. The molecule has 0 amide bonds. The quantitative estimate of drug-likeness (QED) is 0.603. The molecule has 0 aromatic rings. The van der Waals surface area contributed by atoms with Gasteiger partial charge in [0.15, 0.2) is 0 Å². The van der Waals surface area contributed by atoms with E-state index in [9.17, 15) is 4.79 Å². The van der Waals surface area contributed by atoms with Crippen LogP contribution < -0.4 is 10.7 Å². The molecule has 5 heteroatoms. The van der Waals surface area contributed by atoms with Crippen molar-refractivity contribution < 1.29 is 9.90 Å². The third kappa shape index (κ3) is 2.68. The zero-order valence-electron chi connectivity index (χ0n) is 8.96. The van der Waals surface area contributed by atoms with Crippen molar-refractivity contribution in [3.63, 3.8) is 0 Å². The van der Waals surface area contributed by atoms with E-state index in [1.807, 2.05) is 0 Å². The van der Waals surface area contributed by atoms with Gasteiger partial charge in [-0.15, -0.1) is 0 Å². The Morgan fingerprint density at radius 3 is 2.47 bits per heavy atom. The minimum Gasteiger partial charge on any atom is -0.481 e. The molecule has 86 valence electrons. The summed E-state index contributed by atoms with van der Waals surface area (Å²) in [6, 6.07) is 0. The van der Waals surface area contributed by atoms with Crippen LogP contribution in [0.4, 0.5) is 0 Å². The van der Waals surface area contributed by atoms with Crippen LogP contribution in [0.1, 0.15) is 25.7 Å². The van der Waals surface area contributed by atoms with Crippen LogP contribution in [0.25, 0.3) is 0 Å². The number of nitrogens with one attached hydrogen (secondary N) is 2. The molecule has 0 aromatic carbocycles. The first-order valence-corrected chi connectivity index (χ1v) is 5.66. The van der Waals surface area contributed by atoms with E-state index in [1.54, 1.807) is 0 Å². The number of hydrogen-bond donors (Lipinski definition) is 3. The molecule has 0 unspecified atom stereocenters. The second-order valence-corrected chi connectivity index (χ2v) is 4.61. The van der Waals surface area contributed by atoms with Gasteiger partial charge in [0.25, 0.3) is 0 Å². The largest absolute Gasteiger partial charge is 0.481 e. The average Bonchev–Trinajstić information content (AvgIpc) is 2.15. The number of carboxylic acids is 1. The third-order valence-corrected chi connectivity index (χ3v) is 3.17. The summed E-state index contributed by atoms with van der Waals surface area (Å²) in [5, 5.41) is 14.2. The Labute approximate surface area is 89.8 Å². The standard InChI is InChI=1S/C10H19N3O2/c14-9(15)6-10(7-11-8-10)12-13-4-2-1-3-5-13/h11-12H,1-8H2,(H,14,15). The highest BCUT2D eigenvalue weighted by atomic mass is 16.4. The maximum absolute atomic E-state index is 10.8.